The van der Waals surface area contributed by atoms with E-state index in [2.05, 4.69) is 9.97 Å². The lowest BCUT2D eigenvalue weighted by Crippen LogP contribution is -2.11. The van der Waals surface area contributed by atoms with Gasteiger partial charge in [-0.2, -0.15) is 0 Å². The molecule has 0 saturated heterocycles. The van der Waals surface area contributed by atoms with Gasteiger partial charge in [0.2, 0.25) is 0 Å². The number of nitrogens with two attached hydrogens (primary N) is 2. The maximum absolute atomic E-state index is 11.8. The predicted molar refractivity (Wildman–Crippen MR) is 92.4 cm³/mol. The van der Waals surface area contributed by atoms with Gasteiger partial charge in [-0.05, 0) is 36.4 Å². The third-order valence-corrected chi connectivity index (χ3v) is 3.92. The number of nitrogens with zero attached hydrogens (tertiary/aromatic N) is 1. The number of aromatic amines is 1. The highest BCUT2D eigenvalue weighted by molar-refractivity contribution is 6.36. The minimum Gasteiger partial charge on any atom is -0.384 e. The molecule has 0 aliphatic rings. The summed E-state index contributed by atoms with van der Waals surface area (Å²) >= 11 is 12.2. The Labute approximate surface area is 142 Å². The van der Waals surface area contributed by atoms with Crippen molar-refractivity contribution in [3.05, 3.63) is 58.2 Å². The molecule has 0 saturated carbocycles. The van der Waals surface area contributed by atoms with E-state index in [1.807, 2.05) is 0 Å². The van der Waals surface area contributed by atoms with Gasteiger partial charge in [-0.3, -0.25) is 4.79 Å². The lowest BCUT2D eigenvalue weighted by Gasteiger charge is -2.05. The average Bonchev–Trinajstić information content (AvgIpc) is 2.92. The van der Waals surface area contributed by atoms with Crippen molar-refractivity contribution in [2.45, 2.75) is 0 Å². The number of benzene rings is 1. The van der Waals surface area contributed by atoms with Crippen LogP contribution in [0.3, 0.4) is 0 Å². The molecule has 0 bridgehead atoms. The molecule has 0 unspecified atom stereocenters. The van der Waals surface area contributed by atoms with Crippen molar-refractivity contribution in [3.8, 4) is 22.5 Å². The predicted octanol–water partition coefficient (Wildman–Crippen LogP) is 3.73. The van der Waals surface area contributed by atoms with Gasteiger partial charge < -0.3 is 16.5 Å². The normalized spacial score (nSPS) is 10.7. The molecule has 0 atom stereocenters. The van der Waals surface area contributed by atoms with E-state index in [-0.39, 0.29) is 0 Å². The van der Waals surface area contributed by atoms with Crippen molar-refractivity contribution in [1.82, 2.24) is 9.97 Å². The van der Waals surface area contributed by atoms with Crippen molar-refractivity contribution in [1.29, 1.82) is 0 Å². The standard InChI is InChI=1S/C16H12Cl2N4O/c17-9-1-2-10(12(18)6-9)15-11(16(20)23)7-13(22-15)8-3-4-21-14(19)5-8/h1-7,22H,(H2,19,21)(H2,20,23). The fourth-order valence-electron chi connectivity index (χ4n) is 2.32. The summed E-state index contributed by atoms with van der Waals surface area (Å²) in [6, 6.07) is 10.2. The van der Waals surface area contributed by atoms with E-state index in [9.17, 15) is 4.79 Å². The first-order chi connectivity index (χ1) is 11.0. The van der Waals surface area contributed by atoms with Crippen LogP contribution in [-0.4, -0.2) is 15.9 Å². The molecule has 1 amide bonds. The molecule has 116 valence electrons. The van der Waals surface area contributed by atoms with Crippen molar-refractivity contribution < 1.29 is 4.79 Å². The van der Waals surface area contributed by atoms with Crippen LogP contribution in [0.2, 0.25) is 10.0 Å². The fraction of sp³-hybridized carbons (Fsp3) is 0. The maximum atomic E-state index is 11.8. The number of primary amides is 1. The maximum Gasteiger partial charge on any atom is 0.250 e. The molecule has 23 heavy (non-hydrogen) atoms. The Morgan fingerprint density at radius 3 is 2.57 bits per heavy atom. The highest BCUT2D eigenvalue weighted by Crippen LogP contribution is 2.34. The first-order valence-corrected chi connectivity index (χ1v) is 7.41. The Morgan fingerprint density at radius 2 is 1.91 bits per heavy atom. The molecule has 0 aliphatic carbocycles. The highest BCUT2D eigenvalue weighted by Gasteiger charge is 2.17. The Bertz CT molecular complexity index is 905. The summed E-state index contributed by atoms with van der Waals surface area (Å²) in [6.07, 6.45) is 1.59. The Balaban J connectivity index is 2.19. The number of carbonyl (C=O) groups is 1. The molecule has 0 fully saturated rings. The molecule has 0 spiro atoms. The number of carbonyl (C=O) groups excluding carboxylic acids is 1. The van der Waals surface area contributed by atoms with E-state index >= 15 is 0 Å². The summed E-state index contributed by atoms with van der Waals surface area (Å²) in [5, 5.41) is 0.927. The zero-order chi connectivity index (χ0) is 16.6. The van der Waals surface area contributed by atoms with Gasteiger partial charge in [-0.25, -0.2) is 4.98 Å². The van der Waals surface area contributed by atoms with Gasteiger partial charge in [-0.15, -0.1) is 0 Å². The number of aromatic nitrogens is 2. The fourth-order valence-corrected chi connectivity index (χ4v) is 2.83. The van der Waals surface area contributed by atoms with Crippen LogP contribution in [0.4, 0.5) is 5.82 Å². The van der Waals surface area contributed by atoms with Gasteiger partial charge in [0.15, 0.2) is 0 Å². The van der Waals surface area contributed by atoms with Gasteiger partial charge in [0, 0.05) is 28.0 Å². The van der Waals surface area contributed by atoms with Crippen LogP contribution in [0, 0.1) is 0 Å². The summed E-state index contributed by atoms with van der Waals surface area (Å²) in [5.41, 5.74) is 14.2. The van der Waals surface area contributed by atoms with E-state index in [1.54, 1.807) is 42.6 Å². The summed E-state index contributed by atoms with van der Waals surface area (Å²) < 4.78 is 0. The van der Waals surface area contributed by atoms with Gasteiger partial charge >= 0.3 is 0 Å². The Morgan fingerprint density at radius 1 is 1.13 bits per heavy atom. The third-order valence-electron chi connectivity index (χ3n) is 3.38. The first-order valence-electron chi connectivity index (χ1n) is 6.66. The second-order valence-electron chi connectivity index (χ2n) is 4.93. The van der Waals surface area contributed by atoms with E-state index in [0.29, 0.717) is 38.4 Å². The molecule has 2 aromatic heterocycles. The topological polar surface area (TPSA) is 97.8 Å². The lowest BCUT2D eigenvalue weighted by molar-refractivity contribution is 0.100. The quantitative estimate of drug-likeness (QED) is 0.673. The highest BCUT2D eigenvalue weighted by atomic mass is 35.5. The van der Waals surface area contributed by atoms with Crippen LogP contribution in [-0.2, 0) is 0 Å². The van der Waals surface area contributed by atoms with Gasteiger partial charge in [-0.1, -0.05) is 23.2 Å². The molecule has 5 N–H and O–H groups in total. The second kappa shape index (κ2) is 5.95. The van der Waals surface area contributed by atoms with E-state index in [0.717, 1.165) is 5.56 Å². The third kappa shape index (κ3) is 3.02. The van der Waals surface area contributed by atoms with E-state index in [4.69, 9.17) is 34.7 Å². The summed E-state index contributed by atoms with van der Waals surface area (Å²) in [5.74, 6) is -0.181. The average molecular weight is 347 g/mol. The Kier molecular flexibility index (Phi) is 3.98. The molecule has 0 aliphatic heterocycles. The lowest BCUT2D eigenvalue weighted by atomic mass is 10.1. The van der Waals surface area contributed by atoms with E-state index < -0.39 is 5.91 Å². The number of nitrogens with one attached hydrogen (secondary N) is 1. The van der Waals surface area contributed by atoms with Crippen LogP contribution in [0.25, 0.3) is 22.5 Å². The van der Waals surface area contributed by atoms with Gasteiger partial charge in [0.25, 0.3) is 5.91 Å². The zero-order valence-corrected chi connectivity index (χ0v) is 13.3. The van der Waals surface area contributed by atoms with E-state index in [1.165, 1.54) is 0 Å². The molecule has 5 nitrogen and oxygen atoms in total. The van der Waals surface area contributed by atoms with Gasteiger partial charge in [0.1, 0.15) is 5.82 Å². The van der Waals surface area contributed by atoms with Crippen LogP contribution in [0.1, 0.15) is 10.4 Å². The first kappa shape index (κ1) is 15.4. The molecule has 1 aromatic carbocycles. The van der Waals surface area contributed by atoms with Crippen LogP contribution in [0.5, 0.6) is 0 Å². The number of nitrogen functional groups attached to an aromatic ring is 1. The molecule has 7 heteroatoms. The number of hydrogen-bond donors (Lipinski definition) is 3. The minimum atomic E-state index is -0.560. The number of anilines is 1. The summed E-state index contributed by atoms with van der Waals surface area (Å²) in [7, 11) is 0. The zero-order valence-electron chi connectivity index (χ0n) is 11.8. The van der Waals surface area contributed by atoms with Gasteiger partial charge in [0.05, 0.1) is 16.3 Å². The number of halogens is 2. The number of rotatable bonds is 3. The minimum absolute atomic E-state index is 0.333. The van der Waals surface area contributed by atoms with Crippen LogP contribution in [0.15, 0.2) is 42.6 Å². The van der Waals surface area contributed by atoms with Crippen molar-refractivity contribution in [2.75, 3.05) is 5.73 Å². The molecule has 3 rings (SSSR count). The second-order valence-corrected chi connectivity index (χ2v) is 5.77. The Hall–Kier alpha value is -2.50. The monoisotopic (exact) mass is 346 g/mol. The van der Waals surface area contributed by atoms with Crippen LogP contribution < -0.4 is 11.5 Å². The number of amides is 1. The largest absolute Gasteiger partial charge is 0.384 e. The van der Waals surface area contributed by atoms with Crippen molar-refractivity contribution >= 4 is 34.9 Å². The molecular weight excluding hydrogens is 335 g/mol. The number of hydrogen-bond acceptors (Lipinski definition) is 3. The smallest absolute Gasteiger partial charge is 0.250 e. The van der Waals surface area contributed by atoms with Crippen molar-refractivity contribution in [3.63, 3.8) is 0 Å². The number of H-pyrrole nitrogens is 1. The summed E-state index contributed by atoms with van der Waals surface area (Å²) in [4.78, 5) is 18.9. The molecular formula is C16H12Cl2N4O. The van der Waals surface area contributed by atoms with Crippen LogP contribution >= 0.6 is 23.2 Å². The molecule has 2 heterocycles. The van der Waals surface area contributed by atoms with Crippen molar-refractivity contribution in [2.24, 2.45) is 5.73 Å². The summed E-state index contributed by atoms with van der Waals surface area (Å²) in [6.45, 7) is 0. The molecule has 3 aromatic rings. The number of pyridine rings is 1. The molecule has 0 radical (unpaired) electrons. The SMILES string of the molecule is NC(=O)c1cc(-c2ccnc(N)c2)[nH]c1-c1ccc(Cl)cc1Cl.